The van der Waals surface area contributed by atoms with Crippen molar-refractivity contribution in [2.45, 2.75) is 32.6 Å². The van der Waals surface area contributed by atoms with Crippen LogP contribution in [0.1, 0.15) is 70.6 Å². The Hall–Kier alpha value is -9.92. The van der Waals surface area contributed by atoms with Gasteiger partial charge in [0.15, 0.2) is 5.78 Å². The van der Waals surface area contributed by atoms with Crippen molar-refractivity contribution in [3.63, 3.8) is 0 Å². The molecule has 8 rings (SSSR count). The lowest BCUT2D eigenvalue weighted by Crippen LogP contribution is -2.16. The molecule has 0 aliphatic carbocycles. The van der Waals surface area contributed by atoms with Crippen molar-refractivity contribution in [1.82, 2.24) is 29.9 Å². The molecule has 90 heavy (non-hydrogen) atoms. The highest BCUT2D eigenvalue weighted by atomic mass is 35.5. The molecule has 0 fully saturated rings. The molecular weight excluding hydrogens is 1340 g/mol. The second-order valence-electron chi connectivity index (χ2n) is 16.7. The molecule has 1 amide bonds. The van der Waals surface area contributed by atoms with Gasteiger partial charge in [0.25, 0.3) is 27.8 Å². The van der Waals surface area contributed by atoms with Crippen molar-refractivity contribution in [3.8, 4) is 22.8 Å². The van der Waals surface area contributed by atoms with Gasteiger partial charge in [-0.25, -0.2) is 19.9 Å². The number of nitro groups is 4. The summed E-state index contributed by atoms with van der Waals surface area (Å²) < 4.78 is 74.4. The number of ketones is 1. The van der Waals surface area contributed by atoms with Gasteiger partial charge in [-0.1, -0.05) is 46.4 Å². The van der Waals surface area contributed by atoms with Crippen molar-refractivity contribution in [3.05, 3.63) is 252 Å². The van der Waals surface area contributed by atoms with E-state index >= 15 is 0 Å². The van der Waals surface area contributed by atoms with Gasteiger partial charge in [0, 0.05) is 83.5 Å². The van der Waals surface area contributed by atoms with Crippen molar-refractivity contribution >= 4 is 115 Å². The number of Topliss-reactive ketones (excluding diaryl/α,β-unsaturated/α-hetero) is 1. The number of carbonyl (C=O) groups is 4. The van der Waals surface area contributed by atoms with E-state index in [1.807, 2.05) is 0 Å². The number of aromatic nitrogens is 6. The highest BCUT2D eigenvalue weighted by molar-refractivity contribution is 6.69. The highest BCUT2D eigenvalue weighted by Crippen LogP contribution is 2.32. The smallest absolute Gasteiger partial charge is 0.400 e. The molecule has 0 aliphatic rings. The molecule has 0 saturated carbocycles. The number of H-pyrrole nitrogens is 2. The van der Waals surface area contributed by atoms with E-state index in [0.717, 1.165) is 60.1 Å². The van der Waals surface area contributed by atoms with Gasteiger partial charge in [-0.2, -0.15) is 26.3 Å². The normalized spacial score (nSPS) is 10.7. The molecule has 0 radical (unpaired) electrons. The fourth-order valence-electron chi connectivity index (χ4n) is 6.46. The first kappa shape index (κ1) is 74.3. The predicted octanol–water partition coefficient (Wildman–Crippen LogP) is 14.7. The number of pyridine rings is 2. The number of aromatic amines is 2. The van der Waals surface area contributed by atoms with Gasteiger partial charge in [0.1, 0.15) is 23.0 Å². The van der Waals surface area contributed by atoms with Gasteiger partial charge in [-0.15, -0.1) is 0 Å². The predicted molar refractivity (Wildman–Crippen MR) is 320 cm³/mol. The van der Waals surface area contributed by atoms with Crippen LogP contribution in [0.4, 0.5) is 49.1 Å². The van der Waals surface area contributed by atoms with Crippen LogP contribution in [0, 0.1) is 54.3 Å². The lowest BCUT2D eigenvalue weighted by atomic mass is 10.1. The van der Waals surface area contributed by atoms with E-state index in [0.29, 0.717) is 45.2 Å². The molecule has 4 heterocycles. The maximum absolute atomic E-state index is 12.7. The Morgan fingerprint density at radius 1 is 0.578 bits per heavy atom. The van der Waals surface area contributed by atoms with E-state index in [2.05, 4.69) is 41.0 Å². The van der Waals surface area contributed by atoms with Crippen LogP contribution < -0.4 is 16.8 Å². The van der Waals surface area contributed by atoms with Crippen LogP contribution in [-0.2, 0) is 12.4 Å². The summed E-state index contributed by atoms with van der Waals surface area (Å²) in [6.45, 7) is 2.64. The lowest BCUT2D eigenvalue weighted by molar-refractivity contribution is -0.402. The maximum Gasteiger partial charge on any atom is 0.433 e. The first-order valence-corrected chi connectivity index (χ1v) is 26.2. The quantitative estimate of drug-likeness (QED) is 0.0179. The van der Waals surface area contributed by atoms with Crippen molar-refractivity contribution in [2.75, 3.05) is 11.1 Å². The summed E-state index contributed by atoms with van der Waals surface area (Å²) in [6.07, 6.45) is 0.529. The number of nitrogens with zero attached hydrogens (tertiary/aromatic N) is 8. The Kier molecular flexibility index (Phi) is 28.6. The third-order valence-corrected chi connectivity index (χ3v) is 12.2. The summed E-state index contributed by atoms with van der Waals surface area (Å²) in [4.78, 5) is 104. The van der Waals surface area contributed by atoms with Gasteiger partial charge < -0.3 is 26.8 Å². The number of hydrogen-bond donors (Lipinski definition) is 5. The summed E-state index contributed by atoms with van der Waals surface area (Å²) in [5.41, 5.74) is 10.1. The fraction of sp³-hybridized carbons (Fsp3) is 0.0943. The van der Waals surface area contributed by atoms with Gasteiger partial charge >= 0.3 is 12.4 Å². The number of hydrogen-bond acceptors (Lipinski definition) is 18. The van der Waals surface area contributed by atoms with Crippen LogP contribution in [0.2, 0.25) is 20.1 Å². The molecule has 8 aromatic rings. The Bertz CT molecular complexity index is 3980. The summed E-state index contributed by atoms with van der Waals surface area (Å²) in [5.74, 6) is 0.161. The van der Waals surface area contributed by atoms with Gasteiger partial charge in [0.2, 0.25) is 12.4 Å². The fourth-order valence-corrected chi connectivity index (χ4v) is 7.71. The number of nitrogen functional groups attached to an aromatic ring is 1. The zero-order chi connectivity index (χ0) is 67.8. The van der Waals surface area contributed by atoms with Crippen LogP contribution in [0.5, 0.6) is 0 Å². The minimum Gasteiger partial charge on any atom is -0.400 e. The molecule has 37 heteroatoms. The Balaban J connectivity index is 0.000000295. The number of imidazole rings is 2. The maximum atomic E-state index is 12.7. The molecule has 0 bridgehead atoms. The summed E-state index contributed by atoms with van der Waals surface area (Å²) in [7, 11) is 0. The average molecular weight is 1380 g/mol. The number of halogens is 12. The zero-order valence-corrected chi connectivity index (χ0v) is 49.8. The van der Waals surface area contributed by atoms with Crippen LogP contribution in [0.15, 0.2) is 147 Å². The van der Waals surface area contributed by atoms with Crippen molar-refractivity contribution in [2.24, 2.45) is 5.73 Å². The topological polar surface area (TPSA) is 388 Å². The Labute approximate surface area is 531 Å². The molecule has 7 N–H and O–H groups in total. The molecule has 25 nitrogen and oxygen atoms in total. The lowest BCUT2D eigenvalue weighted by Gasteiger charge is -2.11. The van der Waals surface area contributed by atoms with Gasteiger partial charge in [-0.05, 0) is 116 Å². The number of benzene rings is 4. The number of non-ortho nitro benzene ring substituents is 2. The zero-order valence-electron chi connectivity index (χ0n) is 45.2. The molecule has 0 unspecified atom stereocenters. The highest BCUT2D eigenvalue weighted by Gasteiger charge is 2.34. The summed E-state index contributed by atoms with van der Waals surface area (Å²) in [6, 6.07) is 20.7. The number of carbonyl (C=O) groups excluding carboxylic acids is 4. The number of alkyl halides is 6. The number of amides is 1. The molecule has 4 aromatic carbocycles. The number of nitrogens with one attached hydrogen (secondary N) is 3. The van der Waals surface area contributed by atoms with E-state index in [9.17, 15) is 86.0 Å². The van der Waals surface area contributed by atoms with E-state index in [4.69, 9.17) is 75.3 Å². The van der Waals surface area contributed by atoms with Crippen LogP contribution in [0.25, 0.3) is 22.8 Å². The third-order valence-electron chi connectivity index (χ3n) is 10.5. The number of anilines is 2. The Morgan fingerprint density at radius 3 is 1.41 bits per heavy atom. The van der Waals surface area contributed by atoms with Gasteiger partial charge in [-0.3, -0.25) is 59.6 Å². The number of nitrogens with two attached hydrogens (primary N) is 2. The third kappa shape index (κ3) is 24.0. The average Bonchev–Trinajstić information content (AvgIpc) is 2.00. The van der Waals surface area contributed by atoms with E-state index in [-0.39, 0.29) is 61.5 Å². The second kappa shape index (κ2) is 34.6. The standard InChI is InChI=1S/C17H12ClF3N4O.C10H7ClN2O5.C9H8ClN3.C8H5ClF3NO.C7H3Cl2NO3.C2H4N2O2/c1-9-11(3-5-14(24-9)17(19,20)21)16(26)25-10-2-4-13(18)12(8-10)15-22-6-7-23-15;11-9-4-3-7(13(17)18)6-8(9)10(14)2-1-5-12(15)16;10-8-2-1-6(11)5-7(8)9-12-3-4-13-9;1-4-5(7(9)14)2-3-6(13-4)8(10,11)12;8-6-2-1-4(10(12)13)3-5(6)7(9)11;3-1-2-4(5)6/h2-8H,1H3,(H,22,23)(H,25,26);1,3-6H,2H2;1-5H,11H2,(H,12,13);2-3H,1H3;1-3H;1-2H,3H2/b;5-1-;;;;2-1-. The molecule has 0 spiro atoms. The monoisotopic (exact) mass is 1370 g/mol. The summed E-state index contributed by atoms with van der Waals surface area (Å²) in [5, 5.41) is 42.3. The van der Waals surface area contributed by atoms with Crippen molar-refractivity contribution < 1.29 is 65.2 Å². The Morgan fingerprint density at radius 2 is 1.01 bits per heavy atom. The number of allylic oxidation sites excluding steroid dienone is 1. The molecule has 4 aromatic heterocycles. The number of nitro benzene ring substituents is 2. The molecule has 0 atom stereocenters. The molecular formula is C53H39Cl6F6N13O12. The minimum atomic E-state index is -4.56. The summed E-state index contributed by atoms with van der Waals surface area (Å²) >= 11 is 33.7. The molecule has 0 aliphatic heterocycles. The van der Waals surface area contributed by atoms with Crippen molar-refractivity contribution in [1.29, 1.82) is 0 Å². The second-order valence-corrected chi connectivity index (χ2v) is 19.0. The van der Waals surface area contributed by atoms with Crippen LogP contribution >= 0.6 is 69.6 Å². The van der Waals surface area contributed by atoms with E-state index in [1.54, 1.807) is 61.2 Å². The van der Waals surface area contributed by atoms with Crippen LogP contribution in [-0.4, -0.2) is 71.8 Å². The number of rotatable bonds is 13. The molecule has 472 valence electrons. The number of aryl methyl sites for hydroxylation is 2. The van der Waals surface area contributed by atoms with E-state index in [1.165, 1.54) is 38.1 Å². The van der Waals surface area contributed by atoms with Gasteiger partial charge in [0.05, 0.1) is 74.1 Å². The molecule has 0 saturated heterocycles. The first-order chi connectivity index (χ1) is 42.0. The minimum absolute atomic E-state index is 0.0142. The first-order valence-electron chi connectivity index (χ1n) is 23.9. The van der Waals surface area contributed by atoms with E-state index < -0.39 is 65.6 Å². The SMILES string of the molecule is Cc1nc(C(F)(F)F)ccc1C(=O)Cl.Cc1nc(C(F)(F)F)ccc1C(=O)Nc1ccc(Cl)c(-c2ncc[nH]2)c1.N/C=C\[N+](=O)[O-].Nc1ccc(Cl)c(-c2ncc[nH]2)c1.O=C(C/C=C\[N+](=O)[O-])c1cc([N+](=O)[O-])ccc1Cl.O=C(Cl)c1cc([N+](=O)[O-])ccc1Cl. The van der Waals surface area contributed by atoms with Crippen LogP contribution in [0.3, 0.4) is 0 Å². The largest absolute Gasteiger partial charge is 0.433 e.